The summed E-state index contributed by atoms with van der Waals surface area (Å²) < 4.78 is 4.97. The monoisotopic (exact) mass is 297 g/mol. The summed E-state index contributed by atoms with van der Waals surface area (Å²) in [6.45, 7) is 5.01. The molecule has 110 valence electrons. The van der Waals surface area contributed by atoms with Crippen molar-refractivity contribution in [3.63, 3.8) is 0 Å². The Morgan fingerprint density at radius 2 is 2.30 bits per heavy atom. The summed E-state index contributed by atoms with van der Waals surface area (Å²) in [6, 6.07) is 0.642. The third-order valence-corrected chi connectivity index (χ3v) is 4.79. The molecule has 2 atom stereocenters. The zero-order chi connectivity index (χ0) is 14.1. The molecule has 3 rings (SSSR count). The van der Waals surface area contributed by atoms with E-state index >= 15 is 0 Å². The third-order valence-electron chi connectivity index (χ3n) is 3.99. The van der Waals surface area contributed by atoms with Crippen molar-refractivity contribution in [3.8, 4) is 5.19 Å². The molecule has 1 aromatic heterocycles. The minimum atomic E-state index is -0.0946. The molecule has 0 aliphatic carbocycles. The lowest BCUT2D eigenvalue weighted by Crippen LogP contribution is -2.57. The molecule has 0 saturated carbocycles. The van der Waals surface area contributed by atoms with Crippen molar-refractivity contribution in [2.75, 3.05) is 32.1 Å². The molecule has 0 unspecified atom stereocenters. The summed E-state index contributed by atoms with van der Waals surface area (Å²) in [5.74, 6) is 0. The van der Waals surface area contributed by atoms with E-state index in [9.17, 15) is 4.79 Å². The fraction of sp³-hybridized carbons (Fsp3) is 0.750. The molecule has 1 aromatic rings. The Balaban J connectivity index is 1.64. The Morgan fingerprint density at radius 1 is 1.45 bits per heavy atom. The Hall–Kier alpha value is -1.41. The van der Waals surface area contributed by atoms with E-state index in [-0.39, 0.29) is 12.1 Å². The number of hydrogen-bond donors (Lipinski definition) is 1. The van der Waals surface area contributed by atoms with Crippen LogP contribution in [0.3, 0.4) is 0 Å². The number of piperazine rings is 1. The number of hydrogen-bond acceptors (Lipinski definition) is 6. The lowest BCUT2D eigenvalue weighted by Gasteiger charge is -2.41. The lowest BCUT2D eigenvalue weighted by molar-refractivity contribution is 0.0861. The van der Waals surface area contributed by atoms with E-state index in [1.807, 2.05) is 4.90 Å². The molecule has 8 heteroatoms. The molecule has 0 radical (unpaired) electrons. The first kappa shape index (κ1) is 13.6. The van der Waals surface area contributed by atoms with Gasteiger partial charge in [-0.15, -0.1) is 5.10 Å². The maximum atomic E-state index is 12.4. The van der Waals surface area contributed by atoms with Crippen molar-refractivity contribution in [1.29, 1.82) is 0 Å². The van der Waals surface area contributed by atoms with E-state index in [0.717, 1.165) is 19.6 Å². The highest BCUT2D eigenvalue weighted by Gasteiger charge is 2.36. The van der Waals surface area contributed by atoms with Gasteiger partial charge >= 0.3 is 6.03 Å². The minimum Gasteiger partial charge on any atom is -0.472 e. The number of ether oxygens (including phenoxy) is 1. The Morgan fingerprint density at radius 3 is 3.05 bits per heavy atom. The van der Waals surface area contributed by atoms with Crippen LogP contribution >= 0.6 is 11.3 Å². The zero-order valence-electron chi connectivity index (χ0n) is 11.7. The molecule has 0 spiro atoms. The number of aromatic nitrogens is 2. The van der Waals surface area contributed by atoms with Gasteiger partial charge in [-0.25, -0.2) is 4.79 Å². The van der Waals surface area contributed by atoms with Gasteiger partial charge in [-0.1, -0.05) is 5.10 Å². The summed E-state index contributed by atoms with van der Waals surface area (Å²) in [7, 11) is 1.54. The second-order valence-corrected chi connectivity index (χ2v) is 6.24. The van der Waals surface area contributed by atoms with Gasteiger partial charge in [-0.05, 0) is 37.6 Å². The molecule has 2 fully saturated rings. The zero-order valence-corrected chi connectivity index (χ0v) is 12.5. The molecular weight excluding hydrogens is 278 g/mol. The summed E-state index contributed by atoms with van der Waals surface area (Å²) in [6.07, 6.45) is 2.42. The quantitative estimate of drug-likeness (QED) is 0.889. The van der Waals surface area contributed by atoms with Gasteiger partial charge in [0.2, 0.25) is 5.13 Å². The van der Waals surface area contributed by atoms with Gasteiger partial charge in [0.05, 0.1) is 7.11 Å². The number of nitrogens with zero attached hydrogens (tertiary/aromatic N) is 4. The van der Waals surface area contributed by atoms with Gasteiger partial charge in [0.25, 0.3) is 5.19 Å². The first-order chi connectivity index (χ1) is 9.67. The van der Waals surface area contributed by atoms with Gasteiger partial charge in [0.15, 0.2) is 0 Å². The maximum Gasteiger partial charge on any atom is 0.324 e. The van der Waals surface area contributed by atoms with Gasteiger partial charge in [0, 0.05) is 25.2 Å². The number of anilines is 1. The van der Waals surface area contributed by atoms with Crippen molar-refractivity contribution >= 4 is 22.5 Å². The first-order valence-electron chi connectivity index (χ1n) is 6.86. The molecule has 0 bridgehead atoms. The predicted molar refractivity (Wildman–Crippen MR) is 76.2 cm³/mol. The van der Waals surface area contributed by atoms with Crippen LogP contribution in [0, 0.1) is 0 Å². The number of rotatable bonds is 2. The van der Waals surface area contributed by atoms with E-state index < -0.39 is 0 Å². The van der Waals surface area contributed by atoms with Crippen LogP contribution in [0.4, 0.5) is 9.93 Å². The molecule has 3 heterocycles. The molecule has 20 heavy (non-hydrogen) atoms. The highest BCUT2D eigenvalue weighted by molar-refractivity contribution is 7.17. The molecular formula is C12H19N5O2S. The van der Waals surface area contributed by atoms with Crippen LogP contribution in [0.25, 0.3) is 0 Å². The fourth-order valence-electron chi connectivity index (χ4n) is 2.98. The number of fused-ring (bicyclic) bond motifs is 1. The van der Waals surface area contributed by atoms with Crippen molar-refractivity contribution < 1.29 is 9.53 Å². The normalized spacial score (nSPS) is 26.4. The van der Waals surface area contributed by atoms with Crippen molar-refractivity contribution in [2.45, 2.75) is 31.8 Å². The number of methoxy groups -OCH3 is 1. The van der Waals surface area contributed by atoms with Gasteiger partial charge in [-0.3, -0.25) is 10.2 Å². The number of amides is 2. The van der Waals surface area contributed by atoms with E-state index in [1.165, 1.54) is 31.3 Å². The van der Waals surface area contributed by atoms with E-state index in [4.69, 9.17) is 4.74 Å². The highest BCUT2D eigenvalue weighted by Crippen LogP contribution is 2.26. The van der Waals surface area contributed by atoms with Crippen LogP contribution in [-0.2, 0) is 0 Å². The molecule has 7 nitrogen and oxygen atoms in total. The molecule has 2 amide bonds. The number of nitrogens with one attached hydrogen (secondary N) is 1. The molecule has 1 N–H and O–H groups in total. The van der Waals surface area contributed by atoms with Crippen LogP contribution in [0.1, 0.15) is 19.8 Å². The standard InChI is InChI=1S/C12H19N5O2S/c1-8-6-16-5-3-4-9(16)7-17(8)11(18)13-10-14-15-12(19-2)20-10/h8-9H,3-7H2,1-2H3,(H,13,14,18)/t8-,9-/m1/s1. The summed E-state index contributed by atoms with van der Waals surface area (Å²) in [5, 5.41) is 11.4. The topological polar surface area (TPSA) is 70.6 Å². The second-order valence-electron chi connectivity index (χ2n) is 5.30. The summed E-state index contributed by atoms with van der Waals surface area (Å²) in [4.78, 5) is 16.8. The number of urea groups is 1. The van der Waals surface area contributed by atoms with Crippen LogP contribution in [0.5, 0.6) is 5.19 Å². The Labute approximate surface area is 121 Å². The van der Waals surface area contributed by atoms with Gasteiger partial charge < -0.3 is 9.64 Å². The van der Waals surface area contributed by atoms with Gasteiger partial charge in [-0.2, -0.15) is 0 Å². The van der Waals surface area contributed by atoms with Crippen molar-refractivity contribution in [2.24, 2.45) is 0 Å². The lowest BCUT2D eigenvalue weighted by atomic mass is 10.1. The first-order valence-corrected chi connectivity index (χ1v) is 7.68. The van der Waals surface area contributed by atoms with E-state index in [0.29, 0.717) is 16.4 Å². The smallest absolute Gasteiger partial charge is 0.324 e. The second kappa shape index (κ2) is 5.53. The van der Waals surface area contributed by atoms with E-state index in [1.54, 1.807) is 0 Å². The molecule has 2 aliphatic heterocycles. The Bertz CT molecular complexity index is 494. The molecule has 2 saturated heterocycles. The number of carbonyl (C=O) groups is 1. The van der Waals surface area contributed by atoms with E-state index in [2.05, 4.69) is 27.3 Å². The summed E-state index contributed by atoms with van der Waals surface area (Å²) >= 11 is 1.23. The van der Waals surface area contributed by atoms with Crippen LogP contribution < -0.4 is 10.1 Å². The predicted octanol–water partition coefficient (Wildman–Crippen LogP) is 1.25. The maximum absolute atomic E-state index is 12.4. The fourth-order valence-corrected chi connectivity index (χ4v) is 3.53. The van der Waals surface area contributed by atoms with Crippen LogP contribution in [-0.4, -0.2) is 64.9 Å². The SMILES string of the molecule is COc1nnc(NC(=O)N2C[C@H]3CCCN3C[C@H]2C)s1. The van der Waals surface area contributed by atoms with Crippen molar-refractivity contribution in [1.82, 2.24) is 20.0 Å². The average molecular weight is 297 g/mol. The molecule has 2 aliphatic rings. The average Bonchev–Trinajstić information content (AvgIpc) is 3.05. The van der Waals surface area contributed by atoms with Crippen LogP contribution in [0.15, 0.2) is 0 Å². The minimum absolute atomic E-state index is 0.0946. The van der Waals surface area contributed by atoms with Crippen molar-refractivity contribution in [3.05, 3.63) is 0 Å². The van der Waals surface area contributed by atoms with Gasteiger partial charge in [0.1, 0.15) is 0 Å². The number of carbonyl (C=O) groups excluding carboxylic acids is 1. The largest absolute Gasteiger partial charge is 0.472 e. The summed E-state index contributed by atoms with van der Waals surface area (Å²) in [5.41, 5.74) is 0. The highest BCUT2D eigenvalue weighted by atomic mass is 32.1. The molecule has 0 aromatic carbocycles. The Kier molecular flexibility index (Phi) is 3.75. The third kappa shape index (κ3) is 2.57. The van der Waals surface area contributed by atoms with Crippen LogP contribution in [0.2, 0.25) is 0 Å².